The number of carboxylic acids is 1. The third-order valence-electron chi connectivity index (χ3n) is 5.47. The van der Waals surface area contributed by atoms with Gasteiger partial charge in [0.25, 0.3) is 0 Å². The average molecular weight is 525 g/mol. The van der Waals surface area contributed by atoms with E-state index in [2.05, 4.69) is 16.2 Å². The minimum Gasteiger partial charge on any atom is -0.482 e. The van der Waals surface area contributed by atoms with Gasteiger partial charge in [0.05, 0.1) is 17.8 Å². The number of halogens is 1. The Balaban J connectivity index is 2.00. The second-order valence-electron chi connectivity index (χ2n) is 9.65. The van der Waals surface area contributed by atoms with Crippen molar-refractivity contribution in [1.29, 1.82) is 5.26 Å². The molecule has 0 spiro atoms. The van der Waals surface area contributed by atoms with Gasteiger partial charge in [-0.2, -0.15) is 10.4 Å². The summed E-state index contributed by atoms with van der Waals surface area (Å²) in [7, 11) is 3.15. The van der Waals surface area contributed by atoms with Crippen molar-refractivity contribution in [3.63, 3.8) is 0 Å². The maximum Gasteiger partial charge on any atom is 0.410 e. The molecular weight excluding hydrogens is 495 g/mol. The van der Waals surface area contributed by atoms with Gasteiger partial charge in [0.15, 0.2) is 11.6 Å². The summed E-state index contributed by atoms with van der Waals surface area (Å²) < 4.78 is 26.6. The van der Waals surface area contributed by atoms with Crippen LogP contribution in [0.2, 0.25) is 0 Å². The lowest BCUT2D eigenvalue weighted by Crippen LogP contribution is -2.34. The molecule has 0 aliphatic heterocycles. The van der Waals surface area contributed by atoms with Gasteiger partial charge in [-0.1, -0.05) is 0 Å². The molecule has 1 atom stereocenters. The van der Waals surface area contributed by atoms with Gasteiger partial charge < -0.3 is 25.2 Å². The molecular formula is C26H29FN6O5. The highest BCUT2D eigenvalue weighted by atomic mass is 19.1. The molecule has 11 nitrogen and oxygen atoms in total. The van der Waals surface area contributed by atoms with Crippen LogP contribution in [0, 0.1) is 17.1 Å². The number of carbonyl (C=O) groups excluding carboxylic acids is 1. The number of nitrogen functional groups attached to an aromatic ring is 1. The molecule has 3 aromatic rings. The number of aromatic nitrogens is 3. The molecule has 0 radical (unpaired) electrons. The lowest BCUT2D eigenvalue weighted by molar-refractivity contribution is 0.0283. The number of hydrogen-bond donors (Lipinski definition) is 2. The van der Waals surface area contributed by atoms with Gasteiger partial charge in [-0.3, -0.25) is 4.68 Å². The molecule has 1 amide bonds. The lowest BCUT2D eigenvalue weighted by Gasteiger charge is -2.24. The number of carboxylic acid groups (broad SMARTS) is 1. The maximum absolute atomic E-state index is 13.9. The van der Waals surface area contributed by atoms with Crippen LogP contribution in [0.15, 0.2) is 30.5 Å². The molecule has 0 aliphatic rings. The van der Waals surface area contributed by atoms with Gasteiger partial charge in [0.1, 0.15) is 29.3 Å². The van der Waals surface area contributed by atoms with E-state index in [-0.39, 0.29) is 34.9 Å². The van der Waals surface area contributed by atoms with Crippen molar-refractivity contribution in [1.82, 2.24) is 19.7 Å². The van der Waals surface area contributed by atoms with Gasteiger partial charge in [-0.25, -0.2) is 19.0 Å². The maximum atomic E-state index is 13.9. The van der Waals surface area contributed by atoms with E-state index >= 15 is 0 Å². The van der Waals surface area contributed by atoms with Crippen molar-refractivity contribution in [2.24, 2.45) is 7.05 Å². The van der Waals surface area contributed by atoms with Crippen LogP contribution in [0.1, 0.15) is 61.1 Å². The normalized spacial score (nSPS) is 11.9. The van der Waals surface area contributed by atoms with Crippen molar-refractivity contribution in [2.75, 3.05) is 12.8 Å². The molecule has 1 aromatic carbocycles. The van der Waals surface area contributed by atoms with Gasteiger partial charge >= 0.3 is 12.1 Å². The minimum atomic E-state index is -1.23. The molecule has 0 unspecified atom stereocenters. The fourth-order valence-electron chi connectivity index (χ4n) is 3.76. The van der Waals surface area contributed by atoms with Gasteiger partial charge in [-0.15, -0.1) is 0 Å². The first-order valence-corrected chi connectivity index (χ1v) is 11.6. The Hall–Kier alpha value is -4.66. The summed E-state index contributed by atoms with van der Waals surface area (Å²) in [5.74, 6) is -1.75. The number of benzene rings is 1. The van der Waals surface area contributed by atoms with Crippen LogP contribution in [0.3, 0.4) is 0 Å². The zero-order chi connectivity index (χ0) is 28.4. The van der Waals surface area contributed by atoms with E-state index in [0.717, 1.165) is 18.2 Å². The molecule has 200 valence electrons. The molecule has 0 fully saturated rings. The summed E-state index contributed by atoms with van der Waals surface area (Å²) in [6.07, 6.45) is -0.0319. The van der Waals surface area contributed by atoms with Crippen molar-refractivity contribution in [3.05, 3.63) is 58.8 Å². The van der Waals surface area contributed by atoms with Crippen LogP contribution in [0.5, 0.6) is 5.75 Å². The quantitative estimate of drug-likeness (QED) is 0.460. The Bertz CT molecular complexity index is 1420. The number of nitrogens with zero attached hydrogens (tertiary/aromatic N) is 5. The van der Waals surface area contributed by atoms with Crippen molar-refractivity contribution < 1.29 is 28.6 Å². The summed E-state index contributed by atoms with van der Waals surface area (Å²) in [4.78, 5) is 29.6. The Morgan fingerprint density at radius 2 is 2.00 bits per heavy atom. The number of amides is 1. The summed E-state index contributed by atoms with van der Waals surface area (Å²) in [6.45, 7) is 6.85. The molecule has 0 saturated carbocycles. The highest BCUT2D eigenvalue weighted by molar-refractivity contribution is 5.89. The van der Waals surface area contributed by atoms with E-state index < -0.39 is 29.6 Å². The first-order chi connectivity index (χ1) is 17.7. The number of aromatic carboxylic acids is 1. The van der Waals surface area contributed by atoms with Crippen LogP contribution in [0.4, 0.5) is 15.0 Å². The predicted octanol–water partition coefficient (Wildman–Crippen LogP) is 4.28. The highest BCUT2D eigenvalue weighted by Crippen LogP contribution is 2.34. The van der Waals surface area contributed by atoms with Crippen LogP contribution in [0.25, 0.3) is 11.1 Å². The Morgan fingerprint density at radius 1 is 1.32 bits per heavy atom. The number of aryl methyl sites for hydroxylation is 1. The number of hydrogen-bond acceptors (Lipinski definition) is 8. The van der Waals surface area contributed by atoms with Crippen LogP contribution < -0.4 is 10.5 Å². The second kappa shape index (κ2) is 10.8. The highest BCUT2D eigenvalue weighted by Gasteiger charge is 2.25. The Morgan fingerprint density at radius 3 is 2.61 bits per heavy atom. The Labute approximate surface area is 219 Å². The number of pyridine rings is 1. The number of anilines is 1. The number of rotatable bonds is 7. The van der Waals surface area contributed by atoms with Crippen molar-refractivity contribution >= 4 is 17.9 Å². The minimum absolute atomic E-state index is 0.00343. The lowest BCUT2D eigenvalue weighted by atomic mass is 10.0. The van der Waals surface area contributed by atoms with E-state index in [1.165, 1.54) is 21.8 Å². The molecule has 12 heteroatoms. The zero-order valence-electron chi connectivity index (χ0n) is 21.9. The van der Waals surface area contributed by atoms with Crippen LogP contribution >= 0.6 is 0 Å². The SMILES string of the molecule is C[C@@H](Oc1cc(-c2c(CN(C)C(=O)OC(C)(C)C)nn(C)c2C#N)cnc1N)c1cc(F)ccc1C(=O)O. The zero-order valence-corrected chi connectivity index (χ0v) is 21.9. The van der Waals surface area contributed by atoms with Crippen molar-refractivity contribution in [3.8, 4) is 22.9 Å². The summed E-state index contributed by atoms with van der Waals surface area (Å²) in [5.41, 5.74) is 6.79. The molecule has 2 aromatic heterocycles. The van der Waals surface area contributed by atoms with Gasteiger partial charge in [0.2, 0.25) is 0 Å². The molecule has 38 heavy (non-hydrogen) atoms. The van der Waals surface area contributed by atoms with E-state index in [0.29, 0.717) is 16.8 Å². The van der Waals surface area contributed by atoms with Crippen LogP contribution in [-0.2, 0) is 18.3 Å². The molecule has 0 bridgehead atoms. The monoisotopic (exact) mass is 524 g/mol. The summed E-state index contributed by atoms with van der Waals surface area (Å²) in [5, 5.41) is 23.7. The third kappa shape index (κ3) is 6.18. The molecule has 2 heterocycles. The number of nitrogens with two attached hydrogens (primary N) is 1. The second-order valence-corrected chi connectivity index (χ2v) is 9.65. The summed E-state index contributed by atoms with van der Waals surface area (Å²) >= 11 is 0. The largest absolute Gasteiger partial charge is 0.482 e. The van der Waals surface area contributed by atoms with Crippen molar-refractivity contribution in [2.45, 2.75) is 45.9 Å². The van der Waals surface area contributed by atoms with E-state index in [9.17, 15) is 24.3 Å². The first kappa shape index (κ1) is 27.9. The number of ether oxygens (including phenoxy) is 2. The fourth-order valence-corrected chi connectivity index (χ4v) is 3.76. The van der Waals surface area contributed by atoms with E-state index in [4.69, 9.17) is 15.2 Å². The first-order valence-electron chi connectivity index (χ1n) is 11.6. The smallest absolute Gasteiger partial charge is 0.410 e. The van der Waals surface area contributed by atoms with Crippen LogP contribution in [-0.4, -0.2) is 49.5 Å². The predicted molar refractivity (Wildman–Crippen MR) is 136 cm³/mol. The van der Waals surface area contributed by atoms with E-state index in [1.54, 1.807) is 41.8 Å². The third-order valence-corrected chi connectivity index (χ3v) is 5.47. The molecule has 0 aliphatic carbocycles. The molecule has 0 saturated heterocycles. The number of nitriles is 1. The summed E-state index contributed by atoms with van der Waals surface area (Å²) in [6, 6.07) is 6.94. The fraction of sp³-hybridized carbons (Fsp3) is 0.346. The topological polar surface area (TPSA) is 157 Å². The average Bonchev–Trinajstić information content (AvgIpc) is 3.13. The van der Waals surface area contributed by atoms with E-state index in [1.807, 2.05) is 0 Å². The molecule has 3 rings (SSSR count). The van der Waals surface area contributed by atoms with Gasteiger partial charge in [0, 0.05) is 37.0 Å². The van der Waals surface area contributed by atoms with Gasteiger partial charge in [-0.05, 0) is 52.0 Å². The molecule has 3 N–H and O–H groups in total. The standard InChI is InChI=1S/C26H29FN6O5/c1-14(18-10-16(27)7-8-17(18)24(34)35)37-21-9-15(12-30-23(21)29)22-19(31-33(6)20(22)11-28)13-32(5)25(36)38-26(2,3)4/h7-10,12,14H,13H2,1-6H3,(H2,29,30)(H,34,35)/t14-/m1/s1. The number of carbonyl (C=O) groups is 2. The Kier molecular flexibility index (Phi) is 7.90.